The molecule has 1 aromatic carbocycles. The van der Waals surface area contributed by atoms with Crippen LogP contribution in [0.1, 0.15) is 12.0 Å². The summed E-state index contributed by atoms with van der Waals surface area (Å²) in [5, 5.41) is 0. The summed E-state index contributed by atoms with van der Waals surface area (Å²) in [5.74, 6) is 4.05. The van der Waals surface area contributed by atoms with E-state index in [4.69, 9.17) is 5.84 Å². The lowest BCUT2D eigenvalue weighted by Crippen LogP contribution is -2.38. The van der Waals surface area contributed by atoms with E-state index in [0.29, 0.717) is 0 Å². The maximum absolute atomic E-state index is 13.4. The lowest BCUT2D eigenvalue weighted by atomic mass is 10.0. The zero-order valence-corrected chi connectivity index (χ0v) is 10.5. The van der Waals surface area contributed by atoms with Gasteiger partial charge in [-0.3, -0.25) is 11.3 Å². The maximum Gasteiger partial charge on any atom is 0.411 e. The molecule has 0 saturated carbocycles. The molecule has 1 unspecified atom stereocenters. The molecule has 114 valence electrons. The highest BCUT2D eigenvalue weighted by Gasteiger charge is 2.27. The summed E-state index contributed by atoms with van der Waals surface area (Å²) in [4.78, 5) is 0. The number of hydrogen-bond donors (Lipinski definition) is 2. The molecule has 0 aliphatic heterocycles. The minimum absolute atomic E-state index is 0.0511. The fourth-order valence-electron chi connectivity index (χ4n) is 1.62. The Labute approximate surface area is 112 Å². The van der Waals surface area contributed by atoms with Gasteiger partial charge in [-0.15, -0.1) is 0 Å². The first kappa shape index (κ1) is 16.8. The summed E-state index contributed by atoms with van der Waals surface area (Å²) >= 11 is 0. The summed E-state index contributed by atoms with van der Waals surface area (Å²) in [5.41, 5.74) is 2.45. The number of nitrogens with two attached hydrogens (primary N) is 1. The van der Waals surface area contributed by atoms with E-state index in [-0.39, 0.29) is 25.0 Å². The molecule has 3 N–H and O–H groups in total. The minimum atomic E-state index is -4.39. The van der Waals surface area contributed by atoms with Crippen LogP contribution in [-0.2, 0) is 11.2 Å². The number of benzene rings is 1. The monoisotopic (exact) mass is 298 g/mol. The van der Waals surface area contributed by atoms with E-state index in [2.05, 4.69) is 10.2 Å². The van der Waals surface area contributed by atoms with Crippen molar-refractivity contribution in [3.63, 3.8) is 0 Å². The summed E-state index contributed by atoms with van der Waals surface area (Å²) in [6.45, 7) is -1.54. The molecule has 0 heterocycles. The lowest BCUT2D eigenvalue weighted by Gasteiger charge is -2.16. The number of hydrazine groups is 1. The molecule has 0 spiro atoms. The van der Waals surface area contributed by atoms with Crippen LogP contribution in [0.2, 0.25) is 0 Å². The van der Waals surface area contributed by atoms with Crippen LogP contribution < -0.4 is 11.3 Å². The quantitative estimate of drug-likeness (QED) is 0.351. The molecule has 0 bridgehead atoms. The van der Waals surface area contributed by atoms with Crippen LogP contribution in [0.5, 0.6) is 0 Å². The van der Waals surface area contributed by atoms with E-state index in [1.807, 2.05) is 0 Å². The average molecular weight is 298 g/mol. The second kappa shape index (κ2) is 7.51. The molecule has 0 amide bonds. The van der Waals surface area contributed by atoms with Gasteiger partial charge in [0, 0.05) is 12.6 Å². The molecule has 20 heavy (non-hydrogen) atoms. The number of halogens is 5. The molecule has 0 aliphatic rings. The summed E-state index contributed by atoms with van der Waals surface area (Å²) in [6, 6.07) is 2.48. The highest BCUT2D eigenvalue weighted by atomic mass is 19.4. The predicted octanol–water partition coefficient (Wildman–Crippen LogP) is 2.31. The number of ether oxygens (including phenoxy) is 1. The van der Waals surface area contributed by atoms with Gasteiger partial charge in [-0.05, 0) is 36.6 Å². The molecule has 0 aliphatic carbocycles. The number of hydrogen-bond acceptors (Lipinski definition) is 3. The van der Waals surface area contributed by atoms with Crippen LogP contribution in [0.4, 0.5) is 22.0 Å². The van der Waals surface area contributed by atoms with Gasteiger partial charge in [-0.2, -0.15) is 13.2 Å². The first-order valence-electron chi connectivity index (χ1n) is 5.86. The molecule has 3 nitrogen and oxygen atoms in total. The van der Waals surface area contributed by atoms with Crippen LogP contribution in [0.15, 0.2) is 18.2 Å². The Morgan fingerprint density at radius 1 is 1.25 bits per heavy atom. The largest absolute Gasteiger partial charge is 0.411 e. The standard InChI is InChI=1S/C12H15F5N2O/c13-9-1-2-11(14)8(5-9)6-10(19-18)3-4-20-7-12(15,16)17/h1-2,5,10,19H,3-4,6-7,18H2. The molecule has 0 aromatic heterocycles. The molecule has 1 atom stereocenters. The van der Waals surface area contributed by atoms with E-state index < -0.39 is 30.5 Å². The van der Waals surface area contributed by atoms with Crippen molar-refractivity contribution in [3.8, 4) is 0 Å². The van der Waals surface area contributed by atoms with E-state index in [1.54, 1.807) is 0 Å². The van der Waals surface area contributed by atoms with E-state index >= 15 is 0 Å². The zero-order chi connectivity index (χ0) is 15.2. The van der Waals surface area contributed by atoms with E-state index in [9.17, 15) is 22.0 Å². The first-order chi connectivity index (χ1) is 9.31. The second-order valence-corrected chi connectivity index (χ2v) is 4.26. The normalized spacial score (nSPS) is 13.5. The molecular formula is C12H15F5N2O. The zero-order valence-electron chi connectivity index (χ0n) is 10.5. The predicted molar refractivity (Wildman–Crippen MR) is 62.7 cm³/mol. The third kappa shape index (κ3) is 6.27. The van der Waals surface area contributed by atoms with Crippen molar-refractivity contribution in [2.45, 2.75) is 25.1 Å². The van der Waals surface area contributed by atoms with Crippen molar-refractivity contribution in [3.05, 3.63) is 35.4 Å². The van der Waals surface area contributed by atoms with Gasteiger partial charge in [0.25, 0.3) is 0 Å². The molecule has 1 rings (SSSR count). The fraction of sp³-hybridized carbons (Fsp3) is 0.500. The highest BCUT2D eigenvalue weighted by molar-refractivity contribution is 5.19. The van der Waals surface area contributed by atoms with Crippen molar-refractivity contribution < 1.29 is 26.7 Å². The molecule has 1 aromatic rings. The van der Waals surface area contributed by atoms with Gasteiger partial charge >= 0.3 is 6.18 Å². The van der Waals surface area contributed by atoms with Crippen LogP contribution >= 0.6 is 0 Å². The molecular weight excluding hydrogens is 283 g/mol. The Bertz CT molecular complexity index is 425. The van der Waals surface area contributed by atoms with E-state index in [0.717, 1.165) is 18.2 Å². The minimum Gasteiger partial charge on any atom is -0.372 e. The van der Waals surface area contributed by atoms with Crippen molar-refractivity contribution in [2.75, 3.05) is 13.2 Å². The summed E-state index contributed by atoms with van der Waals surface area (Å²) in [6.07, 6.45) is -4.20. The van der Waals surface area contributed by atoms with Crippen LogP contribution in [0.3, 0.4) is 0 Å². The summed E-state index contributed by atoms with van der Waals surface area (Å²) < 4.78 is 66.3. The van der Waals surface area contributed by atoms with Crippen molar-refractivity contribution >= 4 is 0 Å². The Balaban J connectivity index is 2.45. The number of alkyl halides is 3. The third-order valence-electron chi connectivity index (χ3n) is 2.59. The molecule has 0 fully saturated rings. The second-order valence-electron chi connectivity index (χ2n) is 4.26. The van der Waals surface area contributed by atoms with Gasteiger partial charge < -0.3 is 4.74 Å². The topological polar surface area (TPSA) is 47.3 Å². The molecule has 0 radical (unpaired) electrons. The fourth-order valence-corrected chi connectivity index (χ4v) is 1.62. The molecule has 0 saturated heterocycles. The Morgan fingerprint density at radius 3 is 2.55 bits per heavy atom. The van der Waals surface area contributed by atoms with E-state index in [1.165, 1.54) is 0 Å². The third-order valence-corrected chi connectivity index (χ3v) is 2.59. The van der Waals surface area contributed by atoms with Crippen molar-refractivity contribution in [2.24, 2.45) is 5.84 Å². The van der Waals surface area contributed by atoms with Gasteiger partial charge in [0.15, 0.2) is 0 Å². The van der Waals surface area contributed by atoms with Crippen molar-refractivity contribution in [1.29, 1.82) is 0 Å². The SMILES string of the molecule is NNC(CCOCC(F)(F)F)Cc1cc(F)ccc1F. The first-order valence-corrected chi connectivity index (χ1v) is 5.86. The van der Waals surface area contributed by atoms with Gasteiger partial charge in [-0.25, -0.2) is 8.78 Å². The maximum atomic E-state index is 13.4. The smallest absolute Gasteiger partial charge is 0.372 e. The van der Waals surface area contributed by atoms with Gasteiger partial charge in [-0.1, -0.05) is 0 Å². The Hall–Kier alpha value is -1.25. The Morgan fingerprint density at radius 2 is 1.95 bits per heavy atom. The van der Waals surface area contributed by atoms with Gasteiger partial charge in [0.1, 0.15) is 18.2 Å². The van der Waals surface area contributed by atoms with Gasteiger partial charge in [0.05, 0.1) is 0 Å². The highest BCUT2D eigenvalue weighted by Crippen LogP contribution is 2.16. The van der Waals surface area contributed by atoms with Crippen LogP contribution in [0.25, 0.3) is 0 Å². The van der Waals surface area contributed by atoms with Crippen LogP contribution in [0, 0.1) is 11.6 Å². The Kier molecular flexibility index (Phi) is 6.31. The number of nitrogens with one attached hydrogen (secondary N) is 1. The number of rotatable bonds is 7. The molecule has 8 heteroatoms. The van der Waals surface area contributed by atoms with Crippen molar-refractivity contribution in [1.82, 2.24) is 5.43 Å². The average Bonchev–Trinajstić information content (AvgIpc) is 2.36. The summed E-state index contributed by atoms with van der Waals surface area (Å²) in [7, 11) is 0. The van der Waals surface area contributed by atoms with Gasteiger partial charge in [0.2, 0.25) is 0 Å². The lowest BCUT2D eigenvalue weighted by molar-refractivity contribution is -0.174. The van der Waals surface area contributed by atoms with Crippen LogP contribution in [-0.4, -0.2) is 25.4 Å².